The summed E-state index contributed by atoms with van der Waals surface area (Å²) in [6.45, 7) is 4.43. The monoisotopic (exact) mass is 259 g/mol. The smallest absolute Gasteiger partial charge is 0.0929 e. The number of fused-ring (bicyclic) bond motifs is 2. The molecule has 2 saturated heterocycles. The van der Waals surface area contributed by atoms with Crippen LogP contribution in [0.25, 0.3) is 0 Å². The third kappa shape index (κ3) is 2.11. The van der Waals surface area contributed by atoms with Gasteiger partial charge in [-0.25, -0.2) is 0 Å². The Kier molecular flexibility index (Phi) is 3.18. The Hall–Kier alpha value is -0.860. The van der Waals surface area contributed by atoms with Gasteiger partial charge in [0.2, 0.25) is 0 Å². The van der Waals surface area contributed by atoms with Crippen LogP contribution in [-0.2, 0) is 5.60 Å². The summed E-state index contributed by atoms with van der Waals surface area (Å²) in [4.78, 5) is 2.48. The highest BCUT2D eigenvalue weighted by Crippen LogP contribution is 2.46. The highest BCUT2D eigenvalue weighted by molar-refractivity contribution is 5.35. The van der Waals surface area contributed by atoms with E-state index in [1.807, 2.05) is 0 Å². The Morgan fingerprint density at radius 1 is 1.16 bits per heavy atom. The number of piperidine rings is 1. The standard InChI is InChI=1S/C17H25NO/c1-12(2)15-6-4-5-7-16(15)17(19)10-13-8-9-14(11-17)18(13)3/h4-7,12-14,19H,8-11H2,1-3H3. The fourth-order valence-corrected chi connectivity index (χ4v) is 4.09. The fourth-order valence-electron chi connectivity index (χ4n) is 4.09. The van der Waals surface area contributed by atoms with Gasteiger partial charge in [-0.1, -0.05) is 38.1 Å². The molecule has 2 aliphatic rings. The number of rotatable bonds is 2. The van der Waals surface area contributed by atoms with E-state index in [4.69, 9.17) is 0 Å². The van der Waals surface area contributed by atoms with Gasteiger partial charge in [-0.3, -0.25) is 0 Å². The lowest BCUT2D eigenvalue weighted by atomic mass is 9.77. The Bertz CT molecular complexity index is 454. The molecule has 2 nitrogen and oxygen atoms in total. The van der Waals surface area contributed by atoms with Gasteiger partial charge in [0.15, 0.2) is 0 Å². The number of hydrogen-bond donors (Lipinski definition) is 1. The average Bonchev–Trinajstić information content (AvgIpc) is 2.63. The minimum Gasteiger partial charge on any atom is -0.385 e. The van der Waals surface area contributed by atoms with E-state index in [0.717, 1.165) is 12.8 Å². The number of aliphatic hydroxyl groups is 1. The first-order valence-corrected chi connectivity index (χ1v) is 7.55. The molecule has 0 radical (unpaired) electrons. The van der Waals surface area contributed by atoms with Crippen molar-refractivity contribution in [1.82, 2.24) is 4.90 Å². The topological polar surface area (TPSA) is 23.5 Å². The number of benzene rings is 1. The first-order chi connectivity index (χ1) is 9.01. The summed E-state index contributed by atoms with van der Waals surface area (Å²) in [5.41, 5.74) is 1.88. The molecule has 2 heteroatoms. The summed E-state index contributed by atoms with van der Waals surface area (Å²) >= 11 is 0. The minimum absolute atomic E-state index is 0.470. The highest BCUT2D eigenvalue weighted by atomic mass is 16.3. The first-order valence-electron chi connectivity index (χ1n) is 7.55. The molecular weight excluding hydrogens is 234 g/mol. The molecular formula is C17H25NO. The SMILES string of the molecule is CC(C)c1ccccc1C1(O)CC2CCC(C1)N2C. The third-order valence-corrected chi connectivity index (χ3v) is 5.22. The molecule has 1 N–H and O–H groups in total. The zero-order chi connectivity index (χ0) is 13.6. The van der Waals surface area contributed by atoms with Crippen molar-refractivity contribution in [2.45, 2.75) is 63.1 Å². The molecule has 0 spiro atoms. The molecule has 19 heavy (non-hydrogen) atoms. The molecule has 2 atom stereocenters. The summed E-state index contributed by atoms with van der Waals surface area (Å²) < 4.78 is 0. The second kappa shape index (κ2) is 4.60. The Balaban J connectivity index is 1.98. The van der Waals surface area contributed by atoms with Crippen molar-refractivity contribution < 1.29 is 5.11 Å². The van der Waals surface area contributed by atoms with Crippen molar-refractivity contribution in [1.29, 1.82) is 0 Å². The lowest BCUT2D eigenvalue weighted by Gasteiger charge is -2.43. The van der Waals surface area contributed by atoms with Gasteiger partial charge < -0.3 is 10.0 Å². The quantitative estimate of drug-likeness (QED) is 0.881. The molecule has 2 bridgehead atoms. The summed E-state index contributed by atoms with van der Waals surface area (Å²) in [6, 6.07) is 9.59. The van der Waals surface area contributed by atoms with Crippen molar-refractivity contribution in [2.24, 2.45) is 0 Å². The number of nitrogens with zero attached hydrogens (tertiary/aromatic N) is 1. The maximum atomic E-state index is 11.2. The lowest BCUT2D eigenvalue weighted by Crippen LogP contribution is -2.48. The number of hydrogen-bond acceptors (Lipinski definition) is 2. The maximum absolute atomic E-state index is 11.2. The van der Waals surface area contributed by atoms with E-state index in [1.165, 1.54) is 24.0 Å². The van der Waals surface area contributed by atoms with E-state index in [0.29, 0.717) is 18.0 Å². The van der Waals surface area contributed by atoms with Crippen molar-refractivity contribution in [2.75, 3.05) is 7.05 Å². The van der Waals surface area contributed by atoms with Crippen molar-refractivity contribution >= 4 is 0 Å². The highest BCUT2D eigenvalue weighted by Gasteiger charge is 2.47. The van der Waals surface area contributed by atoms with Crippen LogP contribution in [0.2, 0.25) is 0 Å². The van der Waals surface area contributed by atoms with Gasteiger partial charge in [0, 0.05) is 12.1 Å². The van der Waals surface area contributed by atoms with E-state index in [9.17, 15) is 5.11 Å². The van der Waals surface area contributed by atoms with Crippen LogP contribution in [0.1, 0.15) is 56.6 Å². The van der Waals surface area contributed by atoms with Crippen LogP contribution in [0.5, 0.6) is 0 Å². The van der Waals surface area contributed by atoms with E-state index in [1.54, 1.807) is 0 Å². The molecule has 0 amide bonds. The molecule has 1 aromatic rings. The zero-order valence-corrected chi connectivity index (χ0v) is 12.3. The molecule has 1 aromatic carbocycles. The Morgan fingerprint density at radius 3 is 2.32 bits per heavy atom. The van der Waals surface area contributed by atoms with Gasteiger partial charge >= 0.3 is 0 Å². The van der Waals surface area contributed by atoms with Crippen molar-refractivity contribution in [3.05, 3.63) is 35.4 Å². The Labute approximate surface area is 116 Å². The summed E-state index contributed by atoms with van der Waals surface area (Å²) in [7, 11) is 2.22. The largest absolute Gasteiger partial charge is 0.385 e. The van der Waals surface area contributed by atoms with E-state index >= 15 is 0 Å². The van der Waals surface area contributed by atoms with Gasteiger partial charge in [-0.2, -0.15) is 0 Å². The first kappa shape index (κ1) is 13.1. The van der Waals surface area contributed by atoms with Crippen molar-refractivity contribution in [3.63, 3.8) is 0 Å². The maximum Gasteiger partial charge on any atom is 0.0929 e. The van der Waals surface area contributed by atoms with E-state index in [-0.39, 0.29) is 0 Å². The molecule has 2 fully saturated rings. The van der Waals surface area contributed by atoms with E-state index < -0.39 is 5.60 Å². The van der Waals surface area contributed by atoms with Crippen LogP contribution in [0.15, 0.2) is 24.3 Å². The second-order valence-electron chi connectivity index (χ2n) is 6.73. The molecule has 104 valence electrons. The van der Waals surface area contributed by atoms with Gasteiger partial charge in [0.05, 0.1) is 5.60 Å². The van der Waals surface area contributed by atoms with Gasteiger partial charge in [-0.15, -0.1) is 0 Å². The molecule has 2 heterocycles. The van der Waals surface area contributed by atoms with Crippen molar-refractivity contribution in [3.8, 4) is 0 Å². The van der Waals surface area contributed by atoms with Gasteiger partial charge in [0.1, 0.15) is 0 Å². The second-order valence-corrected chi connectivity index (χ2v) is 6.73. The third-order valence-electron chi connectivity index (χ3n) is 5.22. The van der Waals surface area contributed by atoms with Gasteiger partial charge in [0.25, 0.3) is 0 Å². The summed E-state index contributed by atoms with van der Waals surface area (Å²) in [5, 5.41) is 11.2. The molecule has 0 saturated carbocycles. The van der Waals surface area contributed by atoms with Gasteiger partial charge in [-0.05, 0) is 49.8 Å². The lowest BCUT2D eigenvalue weighted by molar-refractivity contribution is -0.0500. The van der Waals surface area contributed by atoms with Crippen LogP contribution < -0.4 is 0 Å². The molecule has 3 rings (SSSR count). The van der Waals surface area contributed by atoms with Crippen LogP contribution in [0.4, 0.5) is 0 Å². The normalized spacial score (nSPS) is 35.0. The fraction of sp³-hybridized carbons (Fsp3) is 0.647. The summed E-state index contributed by atoms with van der Waals surface area (Å²) in [5.74, 6) is 0.470. The van der Waals surface area contributed by atoms with Crippen LogP contribution in [-0.4, -0.2) is 29.1 Å². The minimum atomic E-state index is -0.612. The predicted molar refractivity (Wildman–Crippen MR) is 78.2 cm³/mol. The molecule has 0 aliphatic carbocycles. The summed E-state index contributed by atoms with van der Waals surface area (Å²) in [6.07, 6.45) is 4.27. The van der Waals surface area contributed by atoms with Crippen LogP contribution in [0, 0.1) is 0 Å². The predicted octanol–water partition coefficient (Wildman–Crippen LogP) is 3.25. The average molecular weight is 259 g/mol. The van der Waals surface area contributed by atoms with Crippen LogP contribution in [0.3, 0.4) is 0 Å². The Morgan fingerprint density at radius 2 is 1.74 bits per heavy atom. The zero-order valence-electron chi connectivity index (χ0n) is 12.3. The molecule has 2 unspecified atom stereocenters. The van der Waals surface area contributed by atoms with Crippen LogP contribution >= 0.6 is 0 Å². The molecule has 0 aromatic heterocycles. The molecule has 2 aliphatic heterocycles. The van der Waals surface area contributed by atoms with E-state index in [2.05, 4.69) is 50.1 Å².